The highest BCUT2D eigenvalue weighted by Gasteiger charge is 2.36. The van der Waals surface area contributed by atoms with Gasteiger partial charge in [0.2, 0.25) is 11.8 Å². The summed E-state index contributed by atoms with van der Waals surface area (Å²) in [5.74, 6) is -1.20. The van der Waals surface area contributed by atoms with E-state index in [1.807, 2.05) is 4.98 Å². The van der Waals surface area contributed by atoms with E-state index in [1.54, 1.807) is 24.3 Å². The molecule has 1 aromatic carbocycles. The topological polar surface area (TPSA) is 91.5 Å². The molecular formula is C18H16F3N3O4. The zero-order valence-corrected chi connectivity index (χ0v) is 14.7. The number of carbonyl (C=O) groups excluding carboxylic acids is 2. The van der Waals surface area contributed by atoms with Crippen molar-refractivity contribution in [2.75, 3.05) is 23.9 Å². The molecule has 1 atom stereocenters. The monoisotopic (exact) mass is 395 g/mol. The van der Waals surface area contributed by atoms with E-state index in [0.717, 1.165) is 0 Å². The van der Waals surface area contributed by atoms with Crippen LogP contribution in [-0.4, -0.2) is 30.5 Å². The Morgan fingerprint density at radius 1 is 1.25 bits per heavy atom. The van der Waals surface area contributed by atoms with Crippen LogP contribution < -0.4 is 20.5 Å². The summed E-state index contributed by atoms with van der Waals surface area (Å²) < 4.78 is 43.4. The predicted molar refractivity (Wildman–Crippen MR) is 94.1 cm³/mol. The molecule has 10 heteroatoms. The number of nitrogens with one attached hydrogen (secondary N) is 2. The molecule has 1 fully saturated rings. The van der Waals surface area contributed by atoms with E-state index in [9.17, 15) is 27.6 Å². The number of carbonyl (C=O) groups is 2. The third-order valence-electron chi connectivity index (χ3n) is 4.37. The van der Waals surface area contributed by atoms with Crippen molar-refractivity contribution in [2.24, 2.45) is 5.92 Å². The third-order valence-corrected chi connectivity index (χ3v) is 4.37. The number of aromatic nitrogens is 1. The van der Waals surface area contributed by atoms with Crippen LogP contribution in [0, 0.1) is 5.92 Å². The summed E-state index contributed by atoms with van der Waals surface area (Å²) in [5, 5.41) is 2.19. The summed E-state index contributed by atoms with van der Waals surface area (Å²) in [5.41, 5.74) is -1.91. The molecule has 148 valence electrons. The lowest BCUT2D eigenvalue weighted by Crippen LogP contribution is -2.30. The Kier molecular flexibility index (Phi) is 5.12. The number of pyridine rings is 1. The van der Waals surface area contributed by atoms with Crippen molar-refractivity contribution in [3.8, 4) is 5.75 Å². The Morgan fingerprint density at radius 3 is 2.54 bits per heavy atom. The van der Waals surface area contributed by atoms with Crippen LogP contribution in [0.2, 0.25) is 0 Å². The van der Waals surface area contributed by atoms with Crippen molar-refractivity contribution in [1.29, 1.82) is 0 Å². The smallest absolute Gasteiger partial charge is 0.417 e. The fourth-order valence-electron chi connectivity index (χ4n) is 2.87. The summed E-state index contributed by atoms with van der Waals surface area (Å²) >= 11 is 0. The molecule has 1 aliphatic heterocycles. The van der Waals surface area contributed by atoms with Gasteiger partial charge in [-0.2, -0.15) is 13.2 Å². The number of halogens is 3. The highest BCUT2D eigenvalue weighted by Crippen LogP contribution is 2.30. The molecule has 3 rings (SSSR count). The van der Waals surface area contributed by atoms with Gasteiger partial charge < -0.3 is 19.9 Å². The minimum Gasteiger partial charge on any atom is -0.497 e. The molecule has 0 aliphatic carbocycles. The van der Waals surface area contributed by atoms with E-state index in [2.05, 4.69) is 5.32 Å². The Bertz CT molecular complexity index is 954. The van der Waals surface area contributed by atoms with Gasteiger partial charge in [-0.1, -0.05) is 0 Å². The molecule has 0 spiro atoms. The van der Waals surface area contributed by atoms with Crippen LogP contribution in [-0.2, 0) is 15.8 Å². The number of nitrogens with zero attached hydrogens (tertiary/aromatic N) is 1. The maximum Gasteiger partial charge on any atom is 0.417 e. The van der Waals surface area contributed by atoms with Gasteiger partial charge in [0.15, 0.2) is 0 Å². The lowest BCUT2D eigenvalue weighted by Gasteiger charge is -2.17. The number of amides is 2. The number of alkyl halides is 3. The SMILES string of the molecule is COc1ccc(N2CC(C(=O)Nc3cc(C(F)(F)F)c[nH]c3=O)CC2=O)cc1. The second kappa shape index (κ2) is 7.37. The molecule has 1 aliphatic rings. The Balaban J connectivity index is 1.74. The van der Waals surface area contributed by atoms with Crippen LogP contribution in [0.1, 0.15) is 12.0 Å². The van der Waals surface area contributed by atoms with Crippen molar-refractivity contribution in [2.45, 2.75) is 12.6 Å². The van der Waals surface area contributed by atoms with E-state index in [-0.39, 0.29) is 18.9 Å². The molecule has 2 heterocycles. The molecule has 28 heavy (non-hydrogen) atoms. The van der Waals surface area contributed by atoms with E-state index in [0.29, 0.717) is 23.7 Å². The van der Waals surface area contributed by atoms with Crippen LogP contribution in [0.3, 0.4) is 0 Å². The van der Waals surface area contributed by atoms with Gasteiger partial charge in [0.1, 0.15) is 11.4 Å². The number of anilines is 2. The van der Waals surface area contributed by atoms with Gasteiger partial charge in [-0.15, -0.1) is 0 Å². The van der Waals surface area contributed by atoms with Crippen LogP contribution in [0.15, 0.2) is 41.3 Å². The van der Waals surface area contributed by atoms with Crippen molar-refractivity contribution in [3.63, 3.8) is 0 Å². The van der Waals surface area contributed by atoms with Gasteiger partial charge in [-0.25, -0.2) is 0 Å². The number of hydrogen-bond acceptors (Lipinski definition) is 4. The highest BCUT2D eigenvalue weighted by molar-refractivity contribution is 6.03. The van der Waals surface area contributed by atoms with Gasteiger partial charge in [0.05, 0.1) is 18.6 Å². The fourth-order valence-corrected chi connectivity index (χ4v) is 2.87. The van der Waals surface area contributed by atoms with Crippen LogP contribution >= 0.6 is 0 Å². The number of aromatic amines is 1. The molecule has 2 aromatic rings. The van der Waals surface area contributed by atoms with Gasteiger partial charge in [-0.3, -0.25) is 14.4 Å². The second-order valence-corrected chi connectivity index (χ2v) is 6.22. The lowest BCUT2D eigenvalue weighted by molar-refractivity contribution is -0.137. The van der Waals surface area contributed by atoms with E-state index < -0.39 is 34.8 Å². The van der Waals surface area contributed by atoms with Crippen LogP contribution in [0.4, 0.5) is 24.5 Å². The number of rotatable bonds is 4. The van der Waals surface area contributed by atoms with Crippen molar-refractivity contribution < 1.29 is 27.5 Å². The first-order valence-corrected chi connectivity index (χ1v) is 8.24. The summed E-state index contributed by atoms with van der Waals surface area (Å²) in [6.07, 6.45) is -4.25. The average Bonchev–Trinajstić information content (AvgIpc) is 3.04. The van der Waals surface area contributed by atoms with Crippen LogP contribution in [0.5, 0.6) is 5.75 Å². The van der Waals surface area contributed by atoms with E-state index >= 15 is 0 Å². The maximum atomic E-state index is 12.8. The maximum absolute atomic E-state index is 12.8. The molecular weight excluding hydrogens is 379 g/mol. The Labute approximate surface area is 157 Å². The summed E-state index contributed by atoms with van der Waals surface area (Å²) in [6.45, 7) is 0.0495. The average molecular weight is 395 g/mol. The van der Waals surface area contributed by atoms with Gasteiger partial charge in [0.25, 0.3) is 5.56 Å². The van der Waals surface area contributed by atoms with Gasteiger partial charge in [0, 0.05) is 24.8 Å². The first-order chi connectivity index (χ1) is 13.2. The number of ether oxygens (including phenoxy) is 1. The first-order valence-electron chi connectivity index (χ1n) is 8.24. The van der Waals surface area contributed by atoms with Gasteiger partial charge >= 0.3 is 6.18 Å². The highest BCUT2D eigenvalue weighted by atomic mass is 19.4. The molecule has 2 N–H and O–H groups in total. The van der Waals surface area contributed by atoms with Crippen LogP contribution in [0.25, 0.3) is 0 Å². The molecule has 0 radical (unpaired) electrons. The van der Waals surface area contributed by atoms with E-state index in [1.165, 1.54) is 12.0 Å². The minimum atomic E-state index is -4.67. The number of methoxy groups -OCH3 is 1. The number of H-pyrrole nitrogens is 1. The summed E-state index contributed by atoms with van der Waals surface area (Å²) in [7, 11) is 1.51. The molecule has 0 bridgehead atoms. The first kappa shape index (κ1) is 19.5. The molecule has 1 saturated heterocycles. The predicted octanol–water partition coefficient (Wildman–Crippen LogP) is 2.39. The van der Waals surface area contributed by atoms with Gasteiger partial charge in [-0.05, 0) is 30.3 Å². The molecule has 1 aromatic heterocycles. The Hall–Kier alpha value is -3.30. The quantitative estimate of drug-likeness (QED) is 0.832. The molecule has 2 amide bonds. The zero-order chi connectivity index (χ0) is 20.5. The molecule has 0 saturated carbocycles. The third kappa shape index (κ3) is 4.00. The summed E-state index contributed by atoms with van der Waals surface area (Å²) in [6, 6.07) is 7.22. The summed E-state index contributed by atoms with van der Waals surface area (Å²) in [4.78, 5) is 39.7. The van der Waals surface area contributed by atoms with Crippen molar-refractivity contribution in [1.82, 2.24) is 4.98 Å². The zero-order valence-electron chi connectivity index (χ0n) is 14.7. The molecule has 7 nitrogen and oxygen atoms in total. The fraction of sp³-hybridized carbons (Fsp3) is 0.278. The lowest BCUT2D eigenvalue weighted by atomic mass is 10.1. The molecule has 1 unspecified atom stereocenters. The second-order valence-electron chi connectivity index (χ2n) is 6.22. The van der Waals surface area contributed by atoms with Crippen molar-refractivity contribution in [3.05, 3.63) is 52.4 Å². The normalized spacial score (nSPS) is 16.9. The van der Waals surface area contributed by atoms with E-state index in [4.69, 9.17) is 4.74 Å². The largest absolute Gasteiger partial charge is 0.497 e. The standard InChI is InChI=1S/C18H16F3N3O4/c1-28-13-4-2-12(3-5-13)24-9-10(6-15(24)25)16(26)23-14-7-11(18(19,20)21)8-22-17(14)27/h2-5,7-8,10H,6,9H2,1H3,(H,22,27)(H,23,26). The number of hydrogen-bond donors (Lipinski definition) is 2. The number of benzene rings is 1. The Morgan fingerprint density at radius 2 is 1.93 bits per heavy atom. The van der Waals surface area contributed by atoms with Crippen molar-refractivity contribution >= 4 is 23.2 Å². The minimum absolute atomic E-state index is 0.0495.